The second-order valence-corrected chi connectivity index (χ2v) is 11.6. The molecule has 1 aromatic rings. The number of carbonyl (C=O) groups is 1. The Morgan fingerprint density at radius 2 is 1.80 bits per heavy atom. The van der Waals surface area contributed by atoms with Gasteiger partial charge in [-0.1, -0.05) is 0 Å². The molecule has 2 rings (SSSR count). The van der Waals surface area contributed by atoms with Gasteiger partial charge in [0.2, 0.25) is 0 Å². The van der Waals surface area contributed by atoms with Crippen molar-refractivity contribution in [1.82, 2.24) is 10.0 Å². The molecule has 0 unspecified atom stereocenters. The molecule has 0 saturated heterocycles. The number of hydrogen-bond acceptors (Lipinski definition) is 5. The molecule has 1 aromatic carbocycles. The smallest absolute Gasteiger partial charge is 0.407 e. The van der Waals surface area contributed by atoms with Gasteiger partial charge < -0.3 is 19.3 Å². The number of nitrogens with one attached hydrogen (secondary N) is 2. The summed E-state index contributed by atoms with van der Waals surface area (Å²) in [7, 11) is 0. The quantitative estimate of drug-likeness (QED) is 0.628. The minimum atomic E-state index is -1.42. The first kappa shape index (κ1) is 24.7. The van der Waals surface area contributed by atoms with Crippen molar-refractivity contribution < 1.29 is 27.6 Å². The summed E-state index contributed by atoms with van der Waals surface area (Å²) in [5.74, 6) is -1.62. The maximum absolute atomic E-state index is 14.5. The molecule has 1 aliphatic carbocycles. The minimum Gasteiger partial charge on any atom is -0.598 e. The second kappa shape index (κ2) is 9.28. The molecule has 9 heteroatoms. The molecule has 1 aliphatic rings. The number of ether oxygens (including phenoxy) is 2. The zero-order chi connectivity index (χ0) is 22.9. The molecule has 0 heterocycles. The summed E-state index contributed by atoms with van der Waals surface area (Å²) in [6.07, 6.45) is 0.113. The summed E-state index contributed by atoms with van der Waals surface area (Å²) >= 11 is -1.42. The Hall–Kier alpha value is -1.58. The number of alkyl carbamates (subject to hydrolysis) is 1. The van der Waals surface area contributed by atoms with E-state index >= 15 is 0 Å². The van der Waals surface area contributed by atoms with E-state index in [-0.39, 0.29) is 23.5 Å². The van der Waals surface area contributed by atoms with Crippen LogP contribution in [0.3, 0.4) is 0 Å². The molecule has 2 N–H and O–H groups in total. The molecule has 0 spiro atoms. The number of carbonyl (C=O) groups excluding carboxylic acids is 1. The molecule has 1 fully saturated rings. The first-order valence-corrected chi connectivity index (χ1v) is 11.1. The van der Waals surface area contributed by atoms with Gasteiger partial charge in [-0.3, -0.25) is 0 Å². The van der Waals surface area contributed by atoms with Crippen molar-refractivity contribution in [3.63, 3.8) is 0 Å². The third kappa shape index (κ3) is 6.99. The monoisotopic (exact) mass is 446 g/mol. The van der Waals surface area contributed by atoms with E-state index in [1.54, 1.807) is 48.5 Å². The Kier molecular flexibility index (Phi) is 7.63. The van der Waals surface area contributed by atoms with E-state index in [0.29, 0.717) is 12.8 Å². The lowest BCUT2D eigenvalue weighted by Gasteiger charge is -2.37. The lowest BCUT2D eigenvalue weighted by atomic mass is 9.89. The highest BCUT2D eigenvalue weighted by Crippen LogP contribution is 2.35. The fourth-order valence-corrected chi connectivity index (χ4v) is 3.65. The van der Waals surface area contributed by atoms with Crippen LogP contribution in [0.4, 0.5) is 13.6 Å². The third-order valence-electron chi connectivity index (χ3n) is 4.44. The molecular formula is C21H32F2N2O4S. The topological polar surface area (TPSA) is 82.6 Å². The lowest BCUT2D eigenvalue weighted by molar-refractivity contribution is 0.0352. The number of benzene rings is 1. The molecule has 30 heavy (non-hydrogen) atoms. The summed E-state index contributed by atoms with van der Waals surface area (Å²) < 4.78 is 54.1. The fraction of sp³-hybridized carbons (Fsp3) is 0.667. The van der Waals surface area contributed by atoms with Crippen molar-refractivity contribution in [2.75, 3.05) is 0 Å². The van der Waals surface area contributed by atoms with Crippen LogP contribution < -0.4 is 14.8 Å². The van der Waals surface area contributed by atoms with Crippen molar-refractivity contribution in [1.29, 1.82) is 0 Å². The summed E-state index contributed by atoms with van der Waals surface area (Å²) in [4.78, 5) is 11.8. The van der Waals surface area contributed by atoms with Gasteiger partial charge in [0.15, 0.2) is 11.6 Å². The number of halogens is 2. The summed E-state index contributed by atoms with van der Waals surface area (Å²) in [6, 6.07) is 1.22. The van der Waals surface area contributed by atoms with E-state index in [1.807, 2.05) is 0 Å². The minimum absolute atomic E-state index is 0.0666. The van der Waals surface area contributed by atoms with E-state index in [9.17, 15) is 18.1 Å². The molecule has 0 aromatic heterocycles. The van der Waals surface area contributed by atoms with Crippen molar-refractivity contribution in [2.24, 2.45) is 0 Å². The molecule has 0 aliphatic heterocycles. The van der Waals surface area contributed by atoms with Crippen molar-refractivity contribution in [2.45, 2.75) is 89.8 Å². The van der Waals surface area contributed by atoms with E-state index in [4.69, 9.17) is 9.47 Å². The van der Waals surface area contributed by atoms with Gasteiger partial charge in [0.25, 0.3) is 0 Å². The standard InChI is InChI=1S/C21H32F2N2O4S/c1-12(25-30(27)21(5,6)7)16-8-13(22)9-17(23)18(16)28-15-10-14(11-15)24-19(26)29-20(2,3)4/h8-9,12,14-15,25H,10-11H2,1-7H3,(H,24,26)/t12-,14?,15?,30+/m0/s1. The first-order chi connectivity index (χ1) is 13.7. The van der Waals surface area contributed by atoms with Crippen molar-refractivity contribution in [3.05, 3.63) is 29.3 Å². The molecular weight excluding hydrogens is 414 g/mol. The maximum Gasteiger partial charge on any atom is 0.407 e. The zero-order valence-corrected chi connectivity index (χ0v) is 19.4. The summed E-state index contributed by atoms with van der Waals surface area (Å²) in [5, 5.41) is 2.75. The molecule has 0 radical (unpaired) electrons. The van der Waals surface area contributed by atoms with Gasteiger partial charge >= 0.3 is 6.09 Å². The second-order valence-electron chi connectivity index (χ2n) is 9.58. The summed E-state index contributed by atoms with van der Waals surface area (Å²) in [5.41, 5.74) is -0.333. The van der Waals surface area contributed by atoms with Crippen molar-refractivity contribution >= 4 is 17.5 Å². The average Bonchev–Trinajstić information content (AvgIpc) is 2.51. The fourth-order valence-electron chi connectivity index (χ4n) is 2.85. The van der Waals surface area contributed by atoms with Gasteiger partial charge in [-0.2, -0.15) is 0 Å². The molecule has 1 saturated carbocycles. The molecule has 170 valence electrons. The number of hydrogen-bond donors (Lipinski definition) is 2. The van der Waals surface area contributed by atoms with Crippen LogP contribution in [0.1, 0.15) is 72.9 Å². The maximum atomic E-state index is 14.5. The van der Waals surface area contributed by atoms with Crippen LogP contribution in [-0.4, -0.2) is 33.1 Å². The number of rotatable bonds is 6. The average molecular weight is 447 g/mol. The van der Waals surface area contributed by atoms with Crippen molar-refractivity contribution in [3.8, 4) is 5.75 Å². The normalized spacial score (nSPS) is 21.4. The predicted octanol–water partition coefficient (Wildman–Crippen LogP) is 4.51. The SMILES string of the molecule is C[C@H](N[S@+]([O-])C(C)(C)C)c1cc(F)cc(F)c1OC1CC(NC(=O)OC(C)(C)C)C1. The highest BCUT2D eigenvalue weighted by molar-refractivity contribution is 7.90. The van der Waals surface area contributed by atoms with Crippen LogP contribution in [0.2, 0.25) is 0 Å². The van der Waals surface area contributed by atoms with Crippen LogP contribution in [0.5, 0.6) is 5.75 Å². The predicted molar refractivity (Wildman–Crippen MR) is 113 cm³/mol. The van der Waals surface area contributed by atoms with Gasteiger partial charge in [-0.15, -0.1) is 4.72 Å². The van der Waals surface area contributed by atoms with Gasteiger partial charge in [0, 0.05) is 41.9 Å². The lowest BCUT2D eigenvalue weighted by Crippen LogP contribution is -2.50. The van der Waals surface area contributed by atoms with Crippen LogP contribution in [0, 0.1) is 11.6 Å². The highest BCUT2D eigenvalue weighted by Gasteiger charge is 2.35. The molecule has 6 nitrogen and oxygen atoms in total. The summed E-state index contributed by atoms with van der Waals surface area (Å²) in [6.45, 7) is 12.4. The van der Waals surface area contributed by atoms with Gasteiger partial charge in [-0.25, -0.2) is 13.6 Å². The van der Waals surface area contributed by atoms with Crippen LogP contribution in [0.25, 0.3) is 0 Å². The molecule has 1 amide bonds. The number of amides is 1. The van der Waals surface area contributed by atoms with Gasteiger partial charge in [-0.05, 0) is 54.5 Å². The van der Waals surface area contributed by atoms with Gasteiger partial charge in [0.05, 0.1) is 6.04 Å². The Bertz CT molecular complexity index is 759. The largest absolute Gasteiger partial charge is 0.598 e. The van der Waals surface area contributed by atoms with Gasteiger partial charge in [0.1, 0.15) is 22.3 Å². The first-order valence-electron chi connectivity index (χ1n) is 9.99. The Morgan fingerprint density at radius 1 is 1.20 bits per heavy atom. The van der Waals surface area contributed by atoms with E-state index < -0.39 is 45.5 Å². The molecule has 0 bridgehead atoms. The Morgan fingerprint density at radius 3 is 2.33 bits per heavy atom. The zero-order valence-electron chi connectivity index (χ0n) is 18.6. The van der Waals surface area contributed by atoms with Crippen LogP contribution in [0.15, 0.2) is 12.1 Å². The van der Waals surface area contributed by atoms with Crippen LogP contribution in [-0.2, 0) is 16.1 Å². The molecule has 2 atom stereocenters. The van der Waals surface area contributed by atoms with E-state index in [0.717, 1.165) is 6.07 Å². The van der Waals surface area contributed by atoms with Crippen LogP contribution >= 0.6 is 0 Å². The van der Waals surface area contributed by atoms with E-state index in [2.05, 4.69) is 10.0 Å². The Labute approximate surface area is 180 Å². The Balaban J connectivity index is 2.02. The highest BCUT2D eigenvalue weighted by atomic mass is 32.2. The van der Waals surface area contributed by atoms with E-state index in [1.165, 1.54) is 6.07 Å². The third-order valence-corrected chi connectivity index (χ3v) is 6.12.